The number of sulfonamides is 1. The highest BCUT2D eigenvalue weighted by atomic mass is 32.2. The van der Waals surface area contributed by atoms with E-state index in [0.717, 1.165) is 12.1 Å². The van der Waals surface area contributed by atoms with Crippen LogP contribution in [0.3, 0.4) is 0 Å². The molecule has 0 amide bonds. The number of nitro groups is 2. The van der Waals surface area contributed by atoms with Gasteiger partial charge in [0.25, 0.3) is 11.4 Å². The zero-order valence-corrected chi connectivity index (χ0v) is 14.2. The lowest BCUT2D eigenvalue weighted by atomic mass is 9.95. The van der Waals surface area contributed by atoms with Crippen molar-refractivity contribution in [1.82, 2.24) is 4.72 Å². The van der Waals surface area contributed by atoms with Crippen LogP contribution in [-0.2, 0) is 20.4 Å². The fourth-order valence-corrected chi connectivity index (χ4v) is 3.75. The normalized spacial score (nSPS) is 13.6. The minimum Gasteiger partial charge on any atom is -0.301 e. The summed E-state index contributed by atoms with van der Waals surface area (Å²) in [5.74, 6) is 0. The maximum atomic E-state index is 12.6. The number of hydrogen-bond acceptors (Lipinski definition) is 7. The van der Waals surface area contributed by atoms with Gasteiger partial charge in [-0.1, -0.05) is 30.3 Å². The van der Waals surface area contributed by atoms with Gasteiger partial charge in [-0.25, -0.2) is 8.42 Å². The van der Waals surface area contributed by atoms with E-state index in [2.05, 4.69) is 4.72 Å². The van der Waals surface area contributed by atoms with Crippen LogP contribution in [0, 0.1) is 20.2 Å². The Balaban J connectivity index is 2.55. The fourth-order valence-electron chi connectivity index (χ4n) is 2.26. The van der Waals surface area contributed by atoms with Crippen LogP contribution in [0.5, 0.6) is 0 Å². The largest absolute Gasteiger partial charge is 0.301 e. The van der Waals surface area contributed by atoms with E-state index in [4.69, 9.17) is 0 Å². The molecule has 136 valence electrons. The molecule has 2 aromatic rings. The number of carbonyl (C=O) groups is 1. The molecular formula is C15H13N3O7S. The minimum absolute atomic E-state index is 0.322. The van der Waals surface area contributed by atoms with Crippen LogP contribution in [0.4, 0.5) is 11.4 Å². The predicted octanol–water partition coefficient (Wildman–Crippen LogP) is 1.90. The van der Waals surface area contributed by atoms with Crippen LogP contribution in [0.1, 0.15) is 12.5 Å². The number of non-ortho nitro benzene ring substituents is 1. The predicted molar refractivity (Wildman–Crippen MR) is 89.9 cm³/mol. The molecule has 10 nitrogen and oxygen atoms in total. The number of benzene rings is 2. The molecule has 0 aliphatic heterocycles. The molecule has 0 radical (unpaired) electrons. The van der Waals surface area contributed by atoms with E-state index in [1.54, 1.807) is 18.2 Å². The lowest BCUT2D eigenvalue weighted by molar-refractivity contribution is -0.396. The van der Waals surface area contributed by atoms with Crippen molar-refractivity contribution in [2.75, 3.05) is 0 Å². The standard InChI is InChI=1S/C15H13N3O7S/c1-15(10-19,11-5-3-2-4-6-11)16-26(24,25)14-8-7-12(17(20)21)9-13(14)18(22)23/h2-10,16H,1H3. The number of nitrogens with one attached hydrogen (secondary N) is 1. The van der Waals surface area contributed by atoms with E-state index in [-0.39, 0.29) is 0 Å². The third kappa shape index (κ3) is 3.73. The van der Waals surface area contributed by atoms with Crippen LogP contribution in [-0.4, -0.2) is 24.6 Å². The van der Waals surface area contributed by atoms with E-state index >= 15 is 0 Å². The minimum atomic E-state index is -4.54. The van der Waals surface area contributed by atoms with Crippen molar-refractivity contribution in [3.8, 4) is 0 Å². The van der Waals surface area contributed by atoms with Crippen LogP contribution >= 0.6 is 0 Å². The summed E-state index contributed by atoms with van der Waals surface area (Å²) in [5.41, 5.74) is -2.96. The van der Waals surface area contributed by atoms with Crippen molar-refractivity contribution < 1.29 is 23.1 Å². The number of carbonyl (C=O) groups excluding carboxylic acids is 1. The Morgan fingerprint density at radius 2 is 1.65 bits per heavy atom. The summed E-state index contributed by atoms with van der Waals surface area (Å²) in [4.78, 5) is 30.8. The molecule has 0 aromatic heterocycles. The average molecular weight is 379 g/mol. The molecule has 0 heterocycles. The van der Waals surface area contributed by atoms with Crippen LogP contribution in [0.25, 0.3) is 0 Å². The molecule has 0 bridgehead atoms. The number of nitrogens with zero attached hydrogens (tertiary/aromatic N) is 2. The van der Waals surface area contributed by atoms with Gasteiger partial charge < -0.3 is 4.79 Å². The highest BCUT2D eigenvalue weighted by Crippen LogP contribution is 2.30. The van der Waals surface area contributed by atoms with Gasteiger partial charge in [-0.2, -0.15) is 4.72 Å². The number of rotatable bonds is 7. The van der Waals surface area contributed by atoms with Crippen molar-refractivity contribution in [1.29, 1.82) is 0 Å². The molecule has 1 atom stereocenters. The van der Waals surface area contributed by atoms with Gasteiger partial charge in [-0.3, -0.25) is 20.2 Å². The highest BCUT2D eigenvalue weighted by molar-refractivity contribution is 7.89. The average Bonchev–Trinajstić information content (AvgIpc) is 2.61. The van der Waals surface area contributed by atoms with Gasteiger partial charge in [-0.15, -0.1) is 0 Å². The Morgan fingerprint density at radius 1 is 1.04 bits per heavy atom. The molecule has 2 aromatic carbocycles. The molecule has 1 N–H and O–H groups in total. The molecule has 2 rings (SSSR count). The highest BCUT2D eigenvalue weighted by Gasteiger charge is 2.36. The van der Waals surface area contributed by atoms with Gasteiger partial charge in [0.05, 0.1) is 15.9 Å². The summed E-state index contributed by atoms with van der Waals surface area (Å²) < 4.78 is 27.4. The first kappa shape index (κ1) is 19.1. The maximum Gasteiger partial charge on any atom is 0.296 e. The van der Waals surface area contributed by atoms with Crippen LogP contribution < -0.4 is 4.72 Å². The summed E-state index contributed by atoms with van der Waals surface area (Å²) in [7, 11) is -4.54. The number of nitro benzene ring substituents is 2. The van der Waals surface area contributed by atoms with Crippen molar-refractivity contribution >= 4 is 27.7 Å². The molecule has 11 heteroatoms. The van der Waals surface area contributed by atoms with Gasteiger partial charge in [0.2, 0.25) is 10.0 Å². The van der Waals surface area contributed by atoms with Crippen LogP contribution in [0.15, 0.2) is 53.4 Å². The monoisotopic (exact) mass is 379 g/mol. The summed E-state index contributed by atoms with van der Waals surface area (Å²) in [6, 6.07) is 10.0. The second kappa shape index (κ2) is 6.98. The maximum absolute atomic E-state index is 12.6. The number of aldehydes is 1. The molecule has 26 heavy (non-hydrogen) atoms. The Kier molecular flexibility index (Phi) is 5.14. The Bertz CT molecular complexity index is 976. The molecule has 0 spiro atoms. The smallest absolute Gasteiger partial charge is 0.296 e. The van der Waals surface area contributed by atoms with Crippen molar-refractivity contribution in [3.05, 3.63) is 74.3 Å². The third-order valence-electron chi connectivity index (χ3n) is 3.60. The van der Waals surface area contributed by atoms with Gasteiger partial charge >= 0.3 is 0 Å². The van der Waals surface area contributed by atoms with E-state index in [1.165, 1.54) is 19.1 Å². The Hall–Kier alpha value is -3.18. The fraction of sp³-hybridized carbons (Fsp3) is 0.133. The van der Waals surface area contributed by atoms with Gasteiger partial charge in [0.15, 0.2) is 4.90 Å². The van der Waals surface area contributed by atoms with Crippen LogP contribution in [0.2, 0.25) is 0 Å². The second-order valence-electron chi connectivity index (χ2n) is 5.46. The quantitative estimate of drug-likeness (QED) is 0.438. The van der Waals surface area contributed by atoms with Crippen molar-refractivity contribution in [2.24, 2.45) is 0 Å². The first-order valence-electron chi connectivity index (χ1n) is 7.09. The summed E-state index contributed by atoms with van der Waals surface area (Å²) in [6.07, 6.45) is 0.358. The molecule has 0 saturated carbocycles. The lowest BCUT2D eigenvalue weighted by Crippen LogP contribution is -2.44. The molecule has 0 aliphatic carbocycles. The van der Waals surface area contributed by atoms with E-state index in [0.29, 0.717) is 17.9 Å². The van der Waals surface area contributed by atoms with Crippen molar-refractivity contribution in [2.45, 2.75) is 17.4 Å². The van der Waals surface area contributed by atoms with Gasteiger partial charge in [0, 0.05) is 6.07 Å². The molecule has 0 fully saturated rings. The molecule has 0 saturated heterocycles. The molecular weight excluding hydrogens is 366 g/mol. The zero-order valence-electron chi connectivity index (χ0n) is 13.4. The summed E-state index contributed by atoms with van der Waals surface area (Å²) in [6.45, 7) is 1.30. The Morgan fingerprint density at radius 3 is 2.15 bits per heavy atom. The van der Waals surface area contributed by atoms with E-state index < -0.39 is 41.7 Å². The summed E-state index contributed by atoms with van der Waals surface area (Å²) in [5, 5.41) is 21.9. The molecule has 1 unspecified atom stereocenters. The summed E-state index contributed by atoms with van der Waals surface area (Å²) >= 11 is 0. The van der Waals surface area contributed by atoms with E-state index in [1.807, 2.05) is 0 Å². The van der Waals surface area contributed by atoms with E-state index in [9.17, 15) is 33.4 Å². The van der Waals surface area contributed by atoms with Gasteiger partial charge in [0.1, 0.15) is 11.8 Å². The lowest BCUT2D eigenvalue weighted by Gasteiger charge is -2.24. The van der Waals surface area contributed by atoms with Gasteiger partial charge in [-0.05, 0) is 18.6 Å². The first-order valence-corrected chi connectivity index (χ1v) is 8.58. The first-order chi connectivity index (χ1) is 12.1. The number of hydrogen-bond donors (Lipinski definition) is 1. The molecule has 0 aliphatic rings. The van der Waals surface area contributed by atoms with Crippen molar-refractivity contribution in [3.63, 3.8) is 0 Å². The second-order valence-corrected chi connectivity index (χ2v) is 7.11. The SMILES string of the molecule is CC(C=O)(NS(=O)(=O)c1ccc([N+](=O)[O-])cc1[N+](=O)[O-])c1ccccc1. The third-order valence-corrected chi connectivity index (χ3v) is 5.21. The topological polar surface area (TPSA) is 150 Å². The zero-order chi connectivity index (χ0) is 19.5. The Labute approximate surface area is 147 Å².